The molecule has 1 aromatic carbocycles. The van der Waals surface area contributed by atoms with Crippen molar-refractivity contribution in [2.75, 3.05) is 12.4 Å². The van der Waals surface area contributed by atoms with Crippen molar-refractivity contribution in [2.45, 2.75) is 20.4 Å². The fourth-order valence-electron chi connectivity index (χ4n) is 1.58. The molecule has 0 bridgehead atoms. The van der Waals surface area contributed by atoms with Crippen molar-refractivity contribution >= 4 is 5.69 Å². The first kappa shape index (κ1) is 11.4. The molecular weight excluding hydrogens is 218 g/mol. The molecule has 0 saturated carbocycles. The van der Waals surface area contributed by atoms with E-state index >= 15 is 0 Å². The predicted molar refractivity (Wildman–Crippen MR) is 64.1 cm³/mol. The van der Waals surface area contributed by atoms with Gasteiger partial charge in [-0.15, -0.1) is 10.2 Å². The number of anilines is 1. The van der Waals surface area contributed by atoms with Crippen LogP contribution in [0.4, 0.5) is 5.69 Å². The molecule has 2 rings (SSSR count). The first-order valence-corrected chi connectivity index (χ1v) is 5.36. The molecule has 1 aromatic heterocycles. The smallest absolute Gasteiger partial charge is 0.235 e. The van der Waals surface area contributed by atoms with Gasteiger partial charge in [-0.05, 0) is 30.7 Å². The van der Waals surface area contributed by atoms with E-state index in [1.165, 1.54) is 0 Å². The summed E-state index contributed by atoms with van der Waals surface area (Å²) < 4.78 is 10.5. The monoisotopic (exact) mass is 233 g/mol. The minimum absolute atomic E-state index is 0.520. The van der Waals surface area contributed by atoms with Gasteiger partial charge in [-0.1, -0.05) is 0 Å². The molecule has 0 saturated heterocycles. The van der Waals surface area contributed by atoms with Gasteiger partial charge in [0.05, 0.1) is 13.7 Å². The molecule has 0 aliphatic carbocycles. The molecule has 17 heavy (non-hydrogen) atoms. The van der Waals surface area contributed by atoms with Gasteiger partial charge in [-0.2, -0.15) is 0 Å². The van der Waals surface area contributed by atoms with Gasteiger partial charge in [0.2, 0.25) is 11.8 Å². The Balaban J connectivity index is 2.02. The van der Waals surface area contributed by atoms with Gasteiger partial charge < -0.3 is 14.5 Å². The van der Waals surface area contributed by atoms with Gasteiger partial charge >= 0.3 is 0 Å². The number of rotatable bonds is 4. The largest absolute Gasteiger partial charge is 0.496 e. The fraction of sp³-hybridized carbons (Fsp3) is 0.333. The molecular formula is C12H15N3O2. The lowest BCUT2D eigenvalue weighted by molar-refractivity contribution is 0.412. The first-order valence-electron chi connectivity index (χ1n) is 5.36. The Hall–Kier alpha value is -2.04. The first-order chi connectivity index (χ1) is 8.19. The fourth-order valence-corrected chi connectivity index (χ4v) is 1.58. The molecule has 0 atom stereocenters. The Morgan fingerprint density at radius 1 is 1.29 bits per heavy atom. The second-order valence-corrected chi connectivity index (χ2v) is 3.75. The second-order valence-electron chi connectivity index (χ2n) is 3.75. The van der Waals surface area contributed by atoms with Crippen LogP contribution in [0.3, 0.4) is 0 Å². The lowest BCUT2D eigenvalue weighted by atomic mass is 10.2. The van der Waals surface area contributed by atoms with E-state index in [0.717, 1.165) is 17.0 Å². The van der Waals surface area contributed by atoms with E-state index in [1.54, 1.807) is 14.0 Å². The topological polar surface area (TPSA) is 60.2 Å². The van der Waals surface area contributed by atoms with Gasteiger partial charge in [0.1, 0.15) is 5.75 Å². The predicted octanol–water partition coefficient (Wildman–Crippen LogP) is 2.31. The van der Waals surface area contributed by atoms with Crippen LogP contribution < -0.4 is 10.1 Å². The van der Waals surface area contributed by atoms with E-state index in [-0.39, 0.29) is 0 Å². The molecule has 90 valence electrons. The molecule has 1 N–H and O–H groups in total. The van der Waals surface area contributed by atoms with Crippen LogP contribution in [0.1, 0.15) is 17.3 Å². The summed E-state index contributed by atoms with van der Waals surface area (Å²) in [5.74, 6) is 2.04. The Kier molecular flexibility index (Phi) is 3.27. The van der Waals surface area contributed by atoms with Gasteiger partial charge in [0, 0.05) is 12.6 Å². The van der Waals surface area contributed by atoms with Gasteiger partial charge in [-0.3, -0.25) is 0 Å². The summed E-state index contributed by atoms with van der Waals surface area (Å²) in [4.78, 5) is 0. The van der Waals surface area contributed by atoms with Gasteiger partial charge in [0.25, 0.3) is 0 Å². The molecule has 0 aliphatic rings. The minimum atomic E-state index is 0.520. The third-order valence-corrected chi connectivity index (χ3v) is 2.41. The number of nitrogens with zero attached hydrogens (tertiary/aromatic N) is 2. The average molecular weight is 233 g/mol. The van der Waals surface area contributed by atoms with Crippen molar-refractivity contribution in [3.63, 3.8) is 0 Å². The van der Waals surface area contributed by atoms with Crippen LogP contribution in [-0.4, -0.2) is 17.3 Å². The summed E-state index contributed by atoms with van der Waals surface area (Å²) >= 11 is 0. The number of aryl methyl sites for hydroxylation is 2. The molecule has 0 unspecified atom stereocenters. The minimum Gasteiger partial charge on any atom is -0.496 e. The number of aromatic nitrogens is 2. The standard InChI is InChI=1S/C12H15N3O2/c1-8-6-10(4-5-11(8)16-3)13-7-12-15-14-9(2)17-12/h4-6,13H,7H2,1-3H3. The molecule has 0 aliphatic heterocycles. The lowest BCUT2D eigenvalue weighted by Crippen LogP contribution is -2.00. The SMILES string of the molecule is COc1ccc(NCc2nnc(C)o2)cc1C. The lowest BCUT2D eigenvalue weighted by Gasteiger charge is -2.08. The number of methoxy groups -OCH3 is 1. The van der Waals surface area contributed by atoms with Crippen molar-refractivity contribution in [3.8, 4) is 5.75 Å². The quantitative estimate of drug-likeness (QED) is 0.878. The zero-order chi connectivity index (χ0) is 12.3. The van der Waals surface area contributed by atoms with E-state index in [2.05, 4.69) is 15.5 Å². The van der Waals surface area contributed by atoms with E-state index in [9.17, 15) is 0 Å². The van der Waals surface area contributed by atoms with Crippen molar-refractivity contribution in [2.24, 2.45) is 0 Å². The molecule has 0 spiro atoms. The van der Waals surface area contributed by atoms with Crippen LogP contribution in [0.15, 0.2) is 22.6 Å². The number of hydrogen-bond donors (Lipinski definition) is 1. The summed E-state index contributed by atoms with van der Waals surface area (Å²) in [5.41, 5.74) is 2.08. The summed E-state index contributed by atoms with van der Waals surface area (Å²) in [6.07, 6.45) is 0. The summed E-state index contributed by atoms with van der Waals surface area (Å²) in [5, 5.41) is 10.9. The van der Waals surface area contributed by atoms with Crippen LogP contribution >= 0.6 is 0 Å². The number of nitrogens with one attached hydrogen (secondary N) is 1. The molecule has 2 aromatic rings. The third-order valence-electron chi connectivity index (χ3n) is 2.41. The van der Waals surface area contributed by atoms with Crippen molar-refractivity contribution in [1.29, 1.82) is 0 Å². The van der Waals surface area contributed by atoms with Crippen molar-refractivity contribution in [1.82, 2.24) is 10.2 Å². The van der Waals surface area contributed by atoms with Crippen LogP contribution in [-0.2, 0) is 6.54 Å². The van der Waals surface area contributed by atoms with E-state index in [1.807, 2.05) is 25.1 Å². The summed E-state index contributed by atoms with van der Waals surface area (Å²) in [6, 6.07) is 5.90. The second kappa shape index (κ2) is 4.86. The highest BCUT2D eigenvalue weighted by atomic mass is 16.5. The van der Waals surface area contributed by atoms with E-state index in [0.29, 0.717) is 18.3 Å². The molecule has 0 fully saturated rings. The highest BCUT2D eigenvalue weighted by Gasteiger charge is 2.03. The van der Waals surface area contributed by atoms with Crippen molar-refractivity contribution in [3.05, 3.63) is 35.5 Å². The zero-order valence-corrected chi connectivity index (χ0v) is 10.2. The molecule has 5 heteroatoms. The third kappa shape index (κ3) is 2.75. The highest BCUT2D eigenvalue weighted by Crippen LogP contribution is 2.21. The van der Waals surface area contributed by atoms with Crippen LogP contribution in [0, 0.1) is 13.8 Å². The highest BCUT2D eigenvalue weighted by molar-refractivity contribution is 5.50. The summed E-state index contributed by atoms with van der Waals surface area (Å²) in [6.45, 7) is 4.29. The van der Waals surface area contributed by atoms with Crippen LogP contribution in [0.2, 0.25) is 0 Å². The van der Waals surface area contributed by atoms with E-state index in [4.69, 9.17) is 9.15 Å². The van der Waals surface area contributed by atoms with Gasteiger partial charge in [0.15, 0.2) is 0 Å². The number of benzene rings is 1. The Morgan fingerprint density at radius 3 is 2.71 bits per heavy atom. The maximum atomic E-state index is 5.27. The van der Waals surface area contributed by atoms with Crippen LogP contribution in [0.25, 0.3) is 0 Å². The molecule has 0 amide bonds. The molecule has 0 radical (unpaired) electrons. The van der Waals surface area contributed by atoms with Crippen molar-refractivity contribution < 1.29 is 9.15 Å². The van der Waals surface area contributed by atoms with Gasteiger partial charge in [-0.25, -0.2) is 0 Å². The number of ether oxygens (including phenoxy) is 1. The summed E-state index contributed by atoms with van der Waals surface area (Å²) in [7, 11) is 1.66. The number of hydrogen-bond acceptors (Lipinski definition) is 5. The maximum Gasteiger partial charge on any atom is 0.235 e. The zero-order valence-electron chi connectivity index (χ0n) is 10.2. The Morgan fingerprint density at radius 2 is 2.12 bits per heavy atom. The average Bonchev–Trinajstić information content (AvgIpc) is 2.73. The normalized spacial score (nSPS) is 10.3. The van der Waals surface area contributed by atoms with E-state index < -0.39 is 0 Å². The molecule has 5 nitrogen and oxygen atoms in total. The Bertz CT molecular complexity index is 508. The Labute approximate surface area is 99.8 Å². The maximum absolute atomic E-state index is 5.27. The molecule has 1 heterocycles. The van der Waals surface area contributed by atoms with Crippen LogP contribution in [0.5, 0.6) is 5.75 Å².